The standard InChI is InChI=1S/C14H11BrN2O3/c1-9-3-2-4-12(16-9)11(15)7-10-5-6-13(17(19)20)14(18)8-10/h2-8,18H,1H3. The first-order chi connectivity index (χ1) is 9.47. The molecule has 5 nitrogen and oxygen atoms in total. The van der Waals surface area contributed by atoms with Crippen LogP contribution in [0.1, 0.15) is 17.0 Å². The second-order valence-corrected chi connectivity index (χ2v) is 5.02. The number of aryl methyl sites for hydroxylation is 1. The van der Waals surface area contributed by atoms with Crippen LogP contribution in [0.4, 0.5) is 5.69 Å². The van der Waals surface area contributed by atoms with Crippen molar-refractivity contribution in [3.05, 3.63) is 63.5 Å². The van der Waals surface area contributed by atoms with Crippen molar-refractivity contribution in [2.45, 2.75) is 6.92 Å². The smallest absolute Gasteiger partial charge is 0.310 e. The number of nitrogens with zero attached hydrogens (tertiary/aromatic N) is 2. The highest BCUT2D eigenvalue weighted by atomic mass is 79.9. The summed E-state index contributed by atoms with van der Waals surface area (Å²) in [5.41, 5.74) is 1.97. The summed E-state index contributed by atoms with van der Waals surface area (Å²) in [5, 5.41) is 20.2. The summed E-state index contributed by atoms with van der Waals surface area (Å²) in [7, 11) is 0. The Balaban J connectivity index is 2.35. The van der Waals surface area contributed by atoms with Crippen LogP contribution in [0.3, 0.4) is 0 Å². The van der Waals surface area contributed by atoms with Gasteiger partial charge in [0.2, 0.25) is 0 Å². The van der Waals surface area contributed by atoms with Crippen molar-refractivity contribution < 1.29 is 10.0 Å². The molecule has 0 bridgehead atoms. The van der Waals surface area contributed by atoms with Crippen molar-refractivity contribution >= 4 is 32.2 Å². The Hall–Kier alpha value is -2.21. The molecule has 1 N–H and O–H groups in total. The average molecular weight is 335 g/mol. The Bertz CT molecular complexity index is 699. The van der Waals surface area contributed by atoms with Crippen LogP contribution in [-0.4, -0.2) is 15.0 Å². The number of hydrogen-bond donors (Lipinski definition) is 1. The highest BCUT2D eigenvalue weighted by Gasteiger charge is 2.12. The van der Waals surface area contributed by atoms with E-state index < -0.39 is 4.92 Å². The van der Waals surface area contributed by atoms with Gasteiger partial charge in [0.05, 0.1) is 10.6 Å². The van der Waals surface area contributed by atoms with E-state index in [0.717, 1.165) is 15.9 Å². The molecule has 0 saturated carbocycles. The summed E-state index contributed by atoms with van der Waals surface area (Å²) in [6, 6.07) is 9.80. The van der Waals surface area contributed by atoms with Crippen molar-refractivity contribution in [2.75, 3.05) is 0 Å². The molecule has 1 heterocycles. The van der Waals surface area contributed by atoms with E-state index in [-0.39, 0.29) is 11.4 Å². The fraction of sp³-hybridized carbons (Fsp3) is 0.0714. The van der Waals surface area contributed by atoms with E-state index in [9.17, 15) is 15.2 Å². The van der Waals surface area contributed by atoms with Crippen LogP contribution in [0, 0.1) is 17.0 Å². The highest BCUT2D eigenvalue weighted by Crippen LogP contribution is 2.29. The van der Waals surface area contributed by atoms with Crippen LogP contribution in [0.5, 0.6) is 5.75 Å². The number of hydrogen-bond acceptors (Lipinski definition) is 4. The zero-order valence-electron chi connectivity index (χ0n) is 10.6. The Morgan fingerprint density at radius 2 is 2.15 bits per heavy atom. The maximum atomic E-state index is 10.6. The quantitative estimate of drug-likeness (QED) is 0.682. The fourth-order valence-corrected chi connectivity index (χ4v) is 2.17. The lowest BCUT2D eigenvalue weighted by molar-refractivity contribution is -0.385. The van der Waals surface area contributed by atoms with Crippen molar-refractivity contribution in [1.82, 2.24) is 4.98 Å². The zero-order valence-corrected chi connectivity index (χ0v) is 12.2. The normalized spacial score (nSPS) is 11.4. The van der Waals surface area contributed by atoms with Crippen LogP contribution >= 0.6 is 15.9 Å². The van der Waals surface area contributed by atoms with Gasteiger partial charge >= 0.3 is 5.69 Å². The highest BCUT2D eigenvalue weighted by molar-refractivity contribution is 9.15. The Morgan fingerprint density at radius 3 is 2.75 bits per heavy atom. The van der Waals surface area contributed by atoms with Crippen LogP contribution in [-0.2, 0) is 0 Å². The predicted octanol–water partition coefficient (Wildman–Crippen LogP) is 3.90. The van der Waals surface area contributed by atoms with Gasteiger partial charge in [-0.2, -0.15) is 0 Å². The second kappa shape index (κ2) is 5.83. The topological polar surface area (TPSA) is 76.3 Å². The van der Waals surface area contributed by atoms with E-state index >= 15 is 0 Å². The molecule has 1 aromatic heterocycles. The lowest BCUT2D eigenvalue weighted by Crippen LogP contribution is -1.89. The number of halogens is 1. The van der Waals surface area contributed by atoms with E-state index in [1.807, 2.05) is 25.1 Å². The summed E-state index contributed by atoms with van der Waals surface area (Å²) in [6.07, 6.45) is 1.74. The molecule has 2 aromatic rings. The molecule has 0 atom stereocenters. The molecule has 6 heteroatoms. The maximum Gasteiger partial charge on any atom is 0.310 e. The predicted molar refractivity (Wildman–Crippen MR) is 80.5 cm³/mol. The molecule has 2 rings (SSSR count). The zero-order chi connectivity index (χ0) is 14.7. The van der Waals surface area contributed by atoms with Crippen LogP contribution in [0.2, 0.25) is 0 Å². The number of nitro benzene ring substituents is 1. The number of aromatic hydroxyl groups is 1. The summed E-state index contributed by atoms with van der Waals surface area (Å²) in [4.78, 5) is 14.4. The summed E-state index contributed by atoms with van der Waals surface area (Å²) >= 11 is 3.41. The molecule has 0 spiro atoms. The number of aromatic nitrogens is 1. The van der Waals surface area contributed by atoms with Gasteiger partial charge in [-0.15, -0.1) is 0 Å². The van der Waals surface area contributed by atoms with E-state index in [0.29, 0.717) is 5.56 Å². The SMILES string of the molecule is Cc1cccc(C(Br)=Cc2ccc([N+](=O)[O-])c(O)c2)n1. The van der Waals surface area contributed by atoms with Gasteiger partial charge in [-0.05, 0) is 58.8 Å². The van der Waals surface area contributed by atoms with E-state index in [4.69, 9.17) is 0 Å². The molecule has 0 saturated heterocycles. The summed E-state index contributed by atoms with van der Waals surface area (Å²) in [5.74, 6) is -0.360. The molecule has 102 valence electrons. The first kappa shape index (κ1) is 14.2. The minimum absolute atomic E-state index is 0.313. The minimum atomic E-state index is -0.625. The minimum Gasteiger partial charge on any atom is -0.502 e. The van der Waals surface area contributed by atoms with E-state index in [1.165, 1.54) is 12.1 Å². The summed E-state index contributed by atoms with van der Waals surface area (Å²) < 4.78 is 0.731. The second-order valence-electron chi connectivity index (χ2n) is 4.16. The van der Waals surface area contributed by atoms with Gasteiger partial charge in [-0.1, -0.05) is 6.07 Å². The van der Waals surface area contributed by atoms with Gasteiger partial charge in [0, 0.05) is 16.2 Å². The van der Waals surface area contributed by atoms with Gasteiger partial charge in [-0.25, -0.2) is 0 Å². The Morgan fingerprint density at radius 1 is 1.40 bits per heavy atom. The number of benzene rings is 1. The molecule has 0 aliphatic heterocycles. The van der Waals surface area contributed by atoms with Crippen molar-refractivity contribution in [3.63, 3.8) is 0 Å². The fourth-order valence-electron chi connectivity index (χ4n) is 1.68. The molecule has 20 heavy (non-hydrogen) atoms. The average Bonchev–Trinajstić information content (AvgIpc) is 2.38. The molecule has 0 unspecified atom stereocenters. The molecular weight excluding hydrogens is 324 g/mol. The Labute approximate surface area is 123 Å². The molecule has 0 radical (unpaired) electrons. The van der Waals surface area contributed by atoms with Gasteiger partial charge in [-0.3, -0.25) is 15.1 Å². The third-order valence-corrected chi connectivity index (χ3v) is 3.26. The third-order valence-electron chi connectivity index (χ3n) is 2.62. The lowest BCUT2D eigenvalue weighted by Gasteiger charge is -2.02. The van der Waals surface area contributed by atoms with Crippen molar-refractivity contribution in [2.24, 2.45) is 0 Å². The molecule has 1 aromatic carbocycles. The first-order valence-electron chi connectivity index (χ1n) is 5.76. The first-order valence-corrected chi connectivity index (χ1v) is 6.55. The maximum absolute atomic E-state index is 10.6. The molecular formula is C14H11BrN2O3. The van der Waals surface area contributed by atoms with Gasteiger partial charge in [0.15, 0.2) is 5.75 Å². The molecule has 0 aliphatic carbocycles. The molecule has 0 fully saturated rings. The van der Waals surface area contributed by atoms with Crippen molar-refractivity contribution in [1.29, 1.82) is 0 Å². The lowest BCUT2D eigenvalue weighted by atomic mass is 10.1. The summed E-state index contributed by atoms with van der Waals surface area (Å²) in [6.45, 7) is 1.89. The number of pyridine rings is 1. The van der Waals surface area contributed by atoms with Gasteiger partial charge in [0.1, 0.15) is 0 Å². The van der Waals surface area contributed by atoms with E-state index in [1.54, 1.807) is 12.1 Å². The van der Waals surface area contributed by atoms with E-state index in [2.05, 4.69) is 20.9 Å². The number of phenolic OH excluding ortho intramolecular Hbond substituents is 1. The van der Waals surface area contributed by atoms with Crippen molar-refractivity contribution in [3.8, 4) is 5.75 Å². The van der Waals surface area contributed by atoms with Crippen LogP contribution < -0.4 is 0 Å². The van der Waals surface area contributed by atoms with Gasteiger partial charge < -0.3 is 5.11 Å². The largest absolute Gasteiger partial charge is 0.502 e. The number of phenols is 1. The third kappa shape index (κ3) is 3.21. The van der Waals surface area contributed by atoms with Crippen LogP contribution in [0.25, 0.3) is 10.6 Å². The Kier molecular flexibility index (Phi) is 4.14. The molecule has 0 aliphatic rings. The molecule has 0 amide bonds. The number of rotatable bonds is 3. The van der Waals surface area contributed by atoms with Gasteiger partial charge in [0.25, 0.3) is 0 Å². The number of nitro groups is 1. The monoisotopic (exact) mass is 334 g/mol. The van der Waals surface area contributed by atoms with Crippen LogP contribution in [0.15, 0.2) is 36.4 Å².